The molecule has 1 fully saturated rings. The largest absolute Gasteiger partial charge is 0.436 e. The van der Waals surface area contributed by atoms with Crippen LogP contribution in [-0.2, 0) is 11.0 Å². The van der Waals surface area contributed by atoms with Crippen molar-refractivity contribution in [3.05, 3.63) is 16.4 Å². The van der Waals surface area contributed by atoms with Gasteiger partial charge in [0, 0.05) is 11.5 Å². The van der Waals surface area contributed by atoms with Gasteiger partial charge in [-0.1, -0.05) is 11.6 Å². The Morgan fingerprint density at radius 1 is 1.36 bits per heavy atom. The maximum atomic E-state index is 13.0. The third-order valence-electron chi connectivity index (χ3n) is 3.36. The summed E-state index contributed by atoms with van der Waals surface area (Å²) in [6.07, 6.45) is -3.11. The molecule has 0 spiro atoms. The Kier molecular flexibility index (Phi) is 4.23. The smallest absolute Gasteiger partial charge is 0.350 e. The predicted octanol–water partition coefficient (Wildman–Crippen LogP) is 3.91. The fraction of sp³-hybridized carbons (Fsp3) is 0.714. The average Bonchev–Trinajstić information content (AvgIpc) is 3.08. The first-order chi connectivity index (χ1) is 9.92. The monoisotopic (exact) mass is 337 g/mol. The molecule has 0 saturated heterocycles. The Hall–Kier alpha value is -1.24. The van der Waals surface area contributed by atoms with Crippen molar-refractivity contribution in [1.82, 2.24) is 15.1 Å². The van der Waals surface area contributed by atoms with E-state index in [2.05, 4.69) is 10.4 Å². The van der Waals surface area contributed by atoms with Gasteiger partial charge in [0.2, 0.25) is 5.91 Å². The molecule has 4 nitrogen and oxygen atoms in total. The highest BCUT2D eigenvalue weighted by Gasteiger charge is 2.43. The lowest BCUT2D eigenvalue weighted by Crippen LogP contribution is -2.44. The lowest BCUT2D eigenvalue weighted by Gasteiger charge is -2.24. The number of nitrogens with zero attached hydrogens (tertiary/aromatic N) is 2. The standard InChI is InChI=1S/C14H19ClF3N3O/c1-7(12(22)19-13(2,3)4)21-10(8-5-6-8)9(15)11(20-21)14(16,17)18/h7-8H,5-6H2,1-4H3,(H,19,22)/t7-/m1/s1. The van der Waals surface area contributed by atoms with Gasteiger partial charge in [-0.3, -0.25) is 9.48 Å². The van der Waals surface area contributed by atoms with E-state index in [-0.39, 0.29) is 16.8 Å². The quantitative estimate of drug-likeness (QED) is 0.909. The van der Waals surface area contributed by atoms with Crippen LogP contribution in [-0.4, -0.2) is 21.2 Å². The Bertz CT molecular complexity index is 585. The molecule has 1 atom stereocenters. The molecule has 8 heteroatoms. The first-order valence-electron chi connectivity index (χ1n) is 7.09. The van der Waals surface area contributed by atoms with E-state index in [1.807, 2.05) is 0 Å². The SMILES string of the molecule is C[C@H](C(=O)NC(C)(C)C)n1nc(C(F)(F)F)c(Cl)c1C1CC1. The van der Waals surface area contributed by atoms with Gasteiger partial charge in [0.1, 0.15) is 6.04 Å². The molecule has 0 bridgehead atoms. The van der Waals surface area contributed by atoms with Crippen molar-refractivity contribution in [2.75, 3.05) is 0 Å². The van der Waals surface area contributed by atoms with Crippen LogP contribution in [0.15, 0.2) is 0 Å². The number of amides is 1. The molecule has 1 aromatic heterocycles. The summed E-state index contributed by atoms with van der Waals surface area (Å²) in [6, 6.07) is -0.858. The average molecular weight is 338 g/mol. The molecule has 0 unspecified atom stereocenters. The van der Waals surface area contributed by atoms with E-state index in [9.17, 15) is 18.0 Å². The summed E-state index contributed by atoms with van der Waals surface area (Å²) >= 11 is 5.90. The highest BCUT2D eigenvalue weighted by atomic mass is 35.5. The van der Waals surface area contributed by atoms with Gasteiger partial charge in [0.15, 0.2) is 5.69 Å². The van der Waals surface area contributed by atoms with Crippen molar-refractivity contribution < 1.29 is 18.0 Å². The second kappa shape index (κ2) is 5.44. The molecule has 1 heterocycles. The summed E-state index contributed by atoms with van der Waals surface area (Å²) < 4.78 is 40.1. The Morgan fingerprint density at radius 3 is 2.32 bits per heavy atom. The summed E-state index contributed by atoms with van der Waals surface area (Å²) in [7, 11) is 0. The van der Waals surface area contributed by atoms with Gasteiger partial charge in [-0.05, 0) is 40.5 Å². The number of rotatable bonds is 3. The van der Waals surface area contributed by atoms with Crippen molar-refractivity contribution >= 4 is 17.5 Å². The van der Waals surface area contributed by atoms with E-state index in [4.69, 9.17) is 11.6 Å². The molecular weight excluding hydrogens is 319 g/mol. The van der Waals surface area contributed by atoms with Gasteiger partial charge in [0.25, 0.3) is 0 Å². The van der Waals surface area contributed by atoms with Crippen LogP contribution in [0.5, 0.6) is 0 Å². The number of aromatic nitrogens is 2. The predicted molar refractivity (Wildman–Crippen MR) is 76.8 cm³/mol. The molecule has 1 N–H and O–H groups in total. The lowest BCUT2D eigenvalue weighted by molar-refractivity contribution is -0.142. The summed E-state index contributed by atoms with van der Waals surface area (Å²) in [5, 5.41) is 5.96. The fourth-order valence-corrected chi connectivity index (χ4v) is 2.60. The van der Waals surface area contributed by atoms with Crippen molar-refractivity contribution in [2.24, 2.45) is 0 Å². The molecule has 1 aliphatic rings. The molecule has 22 heavy (non-hydrogen) atoms. The Labute approximate surface area is 132 Å². The molecule has 1 aliphatic carbocycles. The van der Waals surface area contributed by atoms with Crippen LogP contribution in [0.3, 0.4) is 0 Å². The van der Waals surface area contributed by atoms with Crippen LogP contribution in [0.1, 0.15) is 63.9 Å². The second-order valence-corrected chi connectivity index (χ2v) is 7.06. The summed E-state index contributed by atoms with van der Waals surface area (Å²) in [5.41, 5.74) is -1.29. The van der Waals surface area contributed by atoms with Gasteiger partial charge in [-0.15, -0.1) is 0 Å². The number of halogens is 4. The topological polar surface area (TPSA) is 46.9 Å². The lowest BCUT2D eigenvalue weighted by atomic mass is 10.1. The van der Waals surface area contributed by atoms with Crippen molar-refractivity contribution in [2.45, 2.75) is 64.2 Å². The summed E-state index contributed by atoms with van der Waals surface area (Å²) in [5.74, 6) is -0.441. The normalized spacial score (nSPS) is 17.5. The second-order valence-electron chi connectivity index (χ2n) is 6.68. The van der Waals surface area contributed by atoms with Crippen LogP contribution in [0.4, 0.5) is 13.2 Å². The zero-order valence-corrected chi connectivity index (χ0v) is 13.6. The van der Waals surface area contributed by atoms with Gasteiger partial charge >= 0.3 is 6.18 Å². The maximum Gasteiger partial charge on any atom is 0.436 e. The van der Waals surface area contributed by atoms with E-state index >= 15 is 0 Å². The van der Waals surface area contributed by atoms with E-state index in [0.717, 1.165) is 17.5 Å². The minimum Gasteiger partial charge on any atom is -0.350 e. The first-order valence-corrected chi connectivity index (χ1v) is 7.46. The van der Waals surface area contributed by atoms with Crippen molar-refractivity contribution in [1.29, 1.82) is 0 Å². The maximum absolute atomic E-state index is 13.0. The van der Waals surface area contributed by atoms with Gasteiger partial charge < -0.3 is 5.32 Å². The zero-order chi connectivity index (χ0) is 16.9. The first kappa shape index (κ1) is 17.1. The van der Waals surface area contributed by atoms with Crippen molar-refractivity contribution in [3.63, 3.8) is 0 Å². The molecule has 0 aromatic carbocycles. The van der Waals surface area contributed by atoms with Gasteiger partial charge in [0.05, 0.1) is 10.7 Å². The van der Waals surface area contributed by atoms with Crippen LogP contribution >= 0.6 is 11.6 Å². The number of nitrogens with one attached hydrogen (secondary N) is 1. The molecule has 0 aliphatic heterocycles. The fourth-order valence-electron chi connectivity index (χ4n) is 2.21. The number of carbonyl (C=O) groups is 1. The molecule has 1 amide bonds. The van der Waals surface area contributed by atoms with Crippen LogP contribution in [0.25, 0.3) is 0 Å². The minimum atomic E-state index is -4.63. The highest BCUT2D eigenvalue weighted by molar-refractivity contribution is 6.32. The third-order valence-corrected chi connectivity index (χ3v) is 3.74. The molecule has 1 aromatic rings. The minimum absolute atomic E-state index is 0.0546. The zero-order valence-electron chi connectivity index (χ0n) is 12.9. The van der Waals surface area contributed by atoms with Crippen LogP contribution < -0.4 is 5.32 Å². The van der Waals surface area contributed by atoms with Crippen molar-refractivity contribution in [3.8, 4) is 0 Å². The third kappa shape index (κ3) is 3.56. The molecule has 1 saturated carbocycles. The summed E-state index contributed by atoms with van der Waals surface area (Å²) in [4.78, 5) is 12.2. The van der Waals surface area contributed by atoms with Crippen LogP contribution in [0, 0.1) is 0 Å². The van der Waals surface area contributed by atoms with E-state index in [1.54, 1.807) is 20.8 Å². The van der Waals surface area contributed by atoms with Gasteiger partial charge in [-0.25, -0.2) is 0 Å². The van der Waals surface area contributed by atoms with Crippen LogP contribution in [0.2, 0.25) is 5.02 Å². The van der Waals surface area contributed by atoms with E-state index in [0.29, 0.717) is 5.69 Å². The Morgan fingerprint density at radius 2 is 1.91 bits per heavy atom. The number of carbonyl (C=O) groups excluding carboxylic acids is 1. The number of alkyl halides is 3. The van der Waals surface area contributed by atoms with Gasteiger partial charge in [-0.2, -0.15) is 18.3 Å². The number of hydrogen-bond acceptors (Lipinski definition) is 2. The molecule has 124 valence electrons. The van der Waals surface area contributed by atoms with E-state index < -0.39 is 23.5 Å². The molecule has 0 radical (unpaired) electrons. The molecule has 2 rings (SSSR count). The Balaban J connectivity index is 2.39. The van der Waals surface area contributed by atoms with E-state index in [1.165, 1.54) is 6.92 Å². The molecular formula is C14H19ClF3N3O. The highest BCUT2D eigenvalue weighted by Crippen LogP contribution is 2.47. The number of hydrogen-bond donors (Lipinski definition) is 1. The summed E-state index contributed by atoms with van der Waals surface area (Å²) in [6.45, 7) is 6.93.